The summed E-state index contributed by atoms with van der Waals surface area (Å²) >= 11 is 0. The molecule has 0 saturated carbocycles. The molecule has 1 aliphatic rings. The molecule has 1 aliphatic carbocycles. The molecule has 0 fully saturated rings. The van der Waals surface area contributed by atoms with Crippen molar-refractivity contribution in [3.8, 4) is 0 Å². The molecule has 0 aromatic heterocycles. The number of allylic oxidation sites excluding steroid dienone is 1. The Kier molecular flexibility index (Phi) is 3.50. The lowest BCUT2D eigenvalue weighted by molar-refractivity contribution is -0.141. The number of ether oxygens (including phenoxy) is 1. The molecule has 1 rings (SSSR count). The molecule has 0 amide bonds. The highest BCUT2D eigenvalue weighted by Gasteiger charge is 2.24. The lowest BCUT2D eigenvalue weighted by Gasteiger charge is -2.28. The zero-order chi connectivity index (χ0) is 10.6. The molecule has 1 atom stereocenters. The lowest BCUT2D eigenvalue weighted by Crippen LogP contribution is -2.24. The van der Waals surface area contributed by atoms with Crippen molar-refractivity contribution in [1.29, 1.82) is 0 Å². The molecule has 14 heavy (non-hydrogen) atoms. The smallest absolute Gasteiger partial charge is 0.333 e. The van der Waals surface area contributed by atoms with Gasteiger partial charge in [0.25, 0.3) is 0 Å². The Hall–Kier alpha value is -1.05. The van der Waals surface area contributed by atoms with Gasteiger partial charge in [-0.1, -0.05) is 25.7 Å². The first-order valence-electron chi connectivity index (χ1n) is 5.04. The third kappa shape index (κ3) is 3.02. The predicted molar refractivity (Wildman–Crippen MR) is 56.9 cm³/mol. The van der Waals surface area contributed by atoms with Crippen molar-refractivity contribution in [2.24, 2.45) is 5.41 Å². The zero-order valence-electron chi connectivity index (χ0n) is 9.01. The van der Waals surface area contributed by atoms with Gasteiger partial charge in [0.2, 0.25) is 0 Å². The molecule has 0 aromatic rings. The molecule has 0 heterocycles. The molecule has 0 aliphatic heterocycles. The summed E-state index contributed by atoms with van der Waals surface area (Å²) < 4.78 is 5.16. The number of hydrogen-bond donors (Lipinski definition) is 0. The molecule has 0 aromatic carbocycles. The predicted octanol–water partition coefficient (Wildman–Crippen LogP) is 2.85. The maximum atomic E-state index is 11.2. The summed E-state index contributed by atoms with van der Waals surface area (Å²) in [4.78, 5) is 11.2. The van der Waals surface area contributed by atoms with Gasteiger partial charge in [0.05, 0.1) is 0 Å². The zero-order valence-corrected chi connectivity index (χ0v) is 9.01. The van der Waals surface area contributed by atoms with E-state index >= 15 is 0 Å². The molecule has 1 unspecified atom stereocenters. The van der Waals surface area contributed by atoms with E-state index in [-0.39, 0.29) is 11.4 Å². The topological polar surface area (TPSA) is 26.3 Å². The van der Waals surface area contributed by atoms with Crippen LogP contribution in [0, 0.1) is 5.41 Å². The molecular formula is C12H18O2. The van der Waals surface area contributed by atoms with Crippen molar-refractivity contribution in [1.82, 2.24) is 0 Å². The van der Waals surface area contributed by atoms with Crippen molar-refractivity contribution >= 4 is 5.97 Å². The van der Waals surface area contributed by atoms with Crippen LogP contribution in [0.25, 0.3) is 0 Å². The van der Waals surface area contributed by atoms with Gasteiger partial charge in [0, 0.05) is 11.0 Å². The molecule has 2 nitrogen and oxygen atoms in total. The quantitative estimate of drug-likeness (QED) is 0.392. The first-order chi connectivity index (χ1) is 6.53. The van der Waals surface area contributed by atoms with E-state index in [1.54, 1.807) is 6.92 Å². The fraction of sp³-hybridized carbons (Fsp3) is 0.583. The van der Waals surface area contributed by atoms with Crippen molar-refractivity contribution in [2.75, 3.05) is 6.61 Å². The summed E-state index contributed by atoms with van der Waals surface area (Å²) in [6.07, 6.45) is 7.73. The summed E-state index contributed by atoms with van der Waals surface area (Å²) in [5.41, 5.74) is 0.497. The monoisotopic (exact) mass is 194 g/mol. The molecule has 0 N–H and O–H groups in total. The number of esters is 1. The standard InChI is InChI=1S/C12H18O2/c1-10(2)11(13)14-9-12(3)7-5-4-6-8-12/h5,7H,1,4,6,8-9H2,2-3H3. The van der Waals surface area contributed by atoms with E-state index in [9.17, 15) is 4.79 Å². The molecule has 0 radical (unpaired) electrons. The first kappa shape index (κ1) is 11.0. The average Bonchev–Trinajstić information content (AvgIpc) is 2.15. The van der Waals surface area contributed by atoms with Crippen LogP contribution in [-0.2, 0) is 9.53 Å². The largest absolute Gasteiger partial charge is 0.461 e. The highest BCUT2D eigenvalue weighted by Crippen LogP contribution is 2.30. The summed E-state index contributed by atoms with van der Waals surface area (Å²) in [6.45, 7) is 7.80. The Morgan fingerprint density at radius 2 is 2.36 bits per heavy atom. The number of hydrogen-bond acceptors (Lipinski definition) is 2. The van der Waals surface area contributed by atoms with Gasteiger partial charge < -0.3 is 4.74 Å². The van der Waals surface area contributed by atoms with E-state index in [0.717, 1.165) is 12.8 Å². The number of carbonyl (C=O) groups is 1. The molecule has 0 saturated heterocycles. The first-order valence-corrected chi connectivity index (χ1v) is 5.04. The summed E-state index contributed by atoms with van der Waals surface area (Å²) in [5, 5.41) is 0. The Morgan fingerprint density at radius 3 is 2.86 bits per heavy atom. The van der Waals surface area contributed by atoms with Crippen LogP contribution in [0.15, 0.2) is 24.3 Å². The minimum absolute atomic E-state index is 0.0311. The van der Waals surface area contributed by atoms with Crippen molar-refractivity contribution in [3.05, 3.63) is 24.3 Å². The molecular weight excluding hydrogens is 176 g/mol. The summed E-state index contributed by atoms with van der Waals surface area (Å²) in [7, 11) is 0. The van der Waals surface area contributed by atoms with Gasteiger partial charge in [-0.05, 0) is 26.2 Å². The lowest BCUT2D eigenvalue weighted by atomic mass is 9.82. The second-order valence-electron chi connectivity index (χ2n) is 4.31. The molecule has 0 bridgehead atoms. The maximum absolute atomic E-state index is 11.2. The van der Waals surface area contributed by atoms with E-state index in [1.807, 2.05) is 0 Å². The number of rotatable bonds is 3. The third-order valence-corrected chi connectivity index (χ3v) is 2.52. The normalized spacial score (nSPS) is 25.9. The van der Waals surface area contributed by atoms with Gasteiger partial charge in [0.15, 0.2) is 0 Å². The van der Waals surface area contributed by atoms with E-state index in [0.29, 0.717) is 12.2 Å². The van der Waals surface area contributed by atoms with Crippen LogP contribution in [-0.4, -0.2) is 12.6 Å². The van der Waals surface area contributed by atoms with Gasteiger partial charge in [-0.15, -0.1) is 0 Å². The third-order valence-electron chi connectivity index (χ3n) is 2.52. The van der Waals surface area contributed by atoms with Crippen LogP contribution in [0.4, 0.5) is 0 Å². The van der Waals surface area contributed by atoms with Crippen LogP contribution in [0.3, 0.4) is 0 Å². The second kappa shape index (κ2) is 4.45. The van der Waals surface area contributed by atoms with Gasteiger partial charge in [0.1, 0.15) is 6.61 Å². The van der Waals surface area contributed by atoms with Gasteiger partial charge in [-0.2, -0.15) is 0 Å². The Labute approximate surface area is 85.6 Å². The minimum Gasteiger partial charge on any atom is -0.461 e. The van der Waals surface area contributed by atoms with Crippen LogP contribution in [0.5, 0.6) is 0 Å². The number of carbonyl (C=O) groups excluding carboxylic acids is 1. The fourth-order valence-electron chi connectivity index (χ4n) is 1.55. The van der Waals surface area contributed by atoms with Crippen LogP contribution < -0.4 is 0 Å². The van der Waals surface area contributed by atoms with E-state index in [2.05, 4.69) is 25.7 Å². The highest BCUT2D eigenvalue weighted by molar-refractivity contribution is 5.86. The van der Waals surface area contributed by atoms with Crippen LogP contribution >= 0.6 is 0 Å². The van der Waals surface area contributed by atoms with Crippen molar-refractivity contribution in [2.45, 2.75) is 33.1 Å². The Bertz CT molecular complexity index is 265. The molecule has 0 spiro atoms. The van der Waals surface area contributed by atoms with E-state index < -0.39 is 0 Å². The van der Waals surface area contributed by atoms with E-state index in [4.69, 9.17) is 4.74 Å². The Balaban J connectivity index is 2.43. The van der Waals surface area contributed by atoms with Crippen LogP contribution in [0.1, 0.15) is 33.1 Å². The minimum atomic E-state index is -0.287. The molecule has 2 heteroatoms. The second-order valence-corrected chi connectivity index (χ2v) is 4.31. The summed E-state index contributed by atoms with van der Waals surface area (Å²) in [5.74, 6) is -0.287. The van der Waals surface area contributed by atoms with Gasteiger partial charge in [-0.25, -0.2) is 4.79 Å². The summed E-state index contributed by atoms with van der Waals surface area (Å²) in [6, 6.07) is 0. The molecule has 78 valence electrons. The van der Waals surface area contributed by atoms with Gasteiger partial charge >= 0.3 is 5.97 Å². The van der Waals surface area contributed by atoms with Gasteiger partial charge in [-0.3, -0.25) is 0 Å². The fourth-order valence-corrected chi connectivity index (χ4v) is 1.55. The Morgan fingerprint density at radius 1 is 1.64 bits per heavy atom. The average molecular weight is 194 g/mol. The highest BCUT2D eigenvalue weighted by atomic mass is 16.5. The van der Waals surface area contributed by atoms with E-state index in [1.165, 1.54) is 6.42 Å². The maximum Gasteiger partial charge on any atom is 0.333 e. The van der Waals surface area contributed by atoms with Crippen LogP contribution in [0.2, 0.25) is 0 Å². The SMILES string of the molecule is C=C(C)C(=O)OCC1(C)C=CCCC1. The van der Waals surface area contributed by atoms with Crippen molar-refractivity contribution < 1.29 is 9.53 Å². The van der Waals surface area contributed by atoms with Crippen molar-refractivity contribution in [3.63, 3.8) is 0 Å².